The molecule has 2 fully saturated rings. The molecule has 0 radical (unpaired) electrons. The molecular formula is C20H25FN4O4. The second kappa shape index (κ2) is 6.70. The van der Waals surface area contributed by atoms with Crippen LogP contribution in [-0.2, 0) is 5.54 Å². The molecule has 0 spiro atoms. The van der Waals surface area contributed by atoms with Crippen LogP contribution in [0.4, 0.5) is 10.1 Å². The maximum atomic E-state index is 16.0. The number of ether oxygens (including phenoxy) is 1. The van der Waals surface area contributed by atoms with Gasteiger partial charge in [0.05, 0.1) is 18.0 Å². The molecule has 1 aliphatic carbocycles. The molecule has 0 amide bonds. The first-order chi connectivity index (χ1) is 13.7. The average molecular weight is 404 g/mol. The number of anilines is 1. The summed E-state index contributed by atoms with van der Waals surface area (Å²) < 4.78 is 21.5. The van der Waals surface area contributed by atoms with E-state index in [4.69, 9.17) is 16.2 Å². The van der Waals surface area contributed by atoms with Crippen LogP contribution < -0.4 is 26.5 Å². The third-order valence-electron chi connectivity index (χ3n) is 6.21. The van der Waals surface area contributed by atoms with Gasteiger partial charge in [-0.15, -0.1) is 0 Å². The summed E-state index contributed by atoms with van der Waals surface area (Å²) in [5.74, 6) is -1.69. The number of carbonyl (C=O) groups is 1. The fourth-order valence-corrected chi connectivity index (χ4v) is 4.25. The van der Waals surface area contributed by atoms with Crippen molar-refractivity contribution < 1.29 is 19.0 Å². The second-order valence-corrected chi connectivity index (χ2v) is 8.19. The molecule has 1 aliphatic heterocycles. The molecule has 6 N–H and O–H groups in total. The molecule has 2 heterocycles. The van der Waals surface area contributed by atoms with Crippen molar-refractivity contribution in [3.8, 4) is 5.75 Å². The number of benzene rings is 1. The lowest BCUT2D eigenvalue weighted by molar-refractivity contribution is 0.0695. The maximum Gasteiger partial charge on any atom is 0.341 e. The molecule has 9 heteroatoms. The van der Waals surface area contributed by atoms with Gasteiger partial charge in [-0.1, -0.05) is 6.92 Å². The zero-order chi connectivity index (χ0) is 21.1. The van der Waals surface area contributed by atoms with E-state index in [1.807, 2.05) is 11.8 Å². The third kappa shape index (κ3) is 2.96. The molecule has 8 nitrogen and oxygen atoms in total. The maximum absolute atomic E-state index is 16.0. The molecule has 0 bridgehead atoms. The standard InChI is InChI=1S/C20H25FN4O4/c1-9-8-25(6-3-11(9)22)16-14(21)13(20(23)4-5-20)12-15(18(16)29-2)24-7-10(17(12)26)19(27)28/h7,9,11H,3-6,8,22-23H2,1-2H3,(H,24,26)(H,27,28). The summed E-state index contributed by atoms with van der Waals surface area (Å²) >= 11 is 0. The summed E-state index contributed by atoms with van der Waals surface area (Å²) in [6.07, 6.45) is 2.84. The van der Waals surface area contributed by atoms with Gasteiger partial charge in [0.25, 0.3) is 0 Å². The minimum absolute atomic E-state index is 0.0300. The lowest BCUT2D eigenvalue weighted by Gasteiger charge is -2.38. The lowest BCUT2D eigenvalue weighted by atomic mass is 9.92. The Labute approximate surface area is 166 Å². The zero-order valence-electron chi connectivity index (χ0n) is 16.4. The van der Waals surface area contributed by atoms with Crippen LogP contribution in [0.3, 0.4) is 0 Å². The Morgan fingerprint density at radius 2 is 2.14 bits per heavy atom. The number of halogens is 1. The summed E-state index contributed by atoms with van der Waals surface area (Å²) in [6.45, 7) is 3.09. The Balaban J connectivity index is 2.06. The van der Waals surface area contributed by atoms with Crippen molar-refractivity contribution in [1.82, 2.24) is 4.98 Å². The number of nitrogens with zero attached hydrogens (tertiary/aromatic N) is 1. The number of aromatic amines is 1. The molecule has 1 saturated carbocycles. The average Bonchev–Trinajstić information content (AvgIpc) is 3.41. The van der Waals surface area contributed by atoms with E-state index >= 15 is 4.39 Å². The molecule has 29 heavy (non-hydrogen) atoms. The zero-order valence-corrected chi connectivity index (χ0v) is 16.4. The summed E-state index contributed by atoms with van der Waals surface area (Å²) in [6, 6.07) is 0.0300. The summed E-state index contributed by atoms with van der Waals surface area (Å²) in [4.78, 5) is 29.1. The van der Waals surface area contributed by atoms with Gasteiger partial charge in [0.2, 0.25) is 5.43 Å². The van der Waals surface area contributed by atoms with Gasteiger partial charge in [0, 0.05) is 36.4 Å². The van der Waals surface area contributed by atoms with Crippen LogP contribution in [0, 0.1) is 11.7 Å². The molecule has 1 saturated heterocycles. The SMILES string of the molecule is COc1c(N2CCC(N)C(C)C2)c(F)c(C2(N)CC2)c2c(=O)c(C(=O)O)c[nH]c12. The van der Waals surface area contributed by atoms with Crippen LogP contribution in [-0.4, -0.2) is 42.3 Å². The second-order valence-electron chi connectivity index (χ2n) is 8.19. The van der Waals surface area contributed by atoms with Crippen molar-refractivity contribution in [2.24, 2.45) is 17.4 Å². The highest BCUT2D eigenvalue weighted by Crippen LogP contribution is 2.51. The van der Waals surface area contributed by atoms with Crippen LogP contribution in [0.1, 0.15) is 42.1 Å². The van der Waals surface area contributed by atoms with Crippen molar-refractivity contribution in [2.45, 2.75) is 37.8 Å². The van der Waals surface area contributed by atoms with Gasteiger partial charge in [-0.25, -0.2) is 9.18 Å². The Morgan fingerprint density at radius 1 is 1.45 bits per heavy atom. The number of carboxylic acids is 1. The number of hydrogen-bond donors (Lipinski definition) is 4. The molecule has 1 aromatic heterocycles. The van der Waals surface area contributed by atoms with Crippen molar-refractivity contribution in [3.63, 3.8) is 0 Å². The monoisotopic (exact) mass is 404 g/mol. The number of carboxylic acid groups (broad SMARTS) is 1. The topological polar surface area (TPSA) is 135 Å². The fraction of sp³-hybridized carbons (Fsp3) is 0.500. The van der Waals surface area contributed by atoms with Crippen molar-refractivity contribution >= 4 is 22.6 Å². The number of hydrogen-bond acceptors (Lipinski definition) is 6. The Kier molecular flexibility index (Phi) is 4.54. The van der Waals surface area contributed by atoms with Crippen molar-refractivity contribution in [2.75, 3.05) is 25.1 Å². The minimum atomic E-state index is -1.39. The molecule has 2 aliphatic rings. The Morgan fingerprint density at radius 3 is 2.69 bits per heavy atom. The fourth-order valence-electron chi connectivity index (χ4n) is 4.25. The lowest BCUT2D eigenvalue weighted by Crippen LogP contribution is -2.46. The van der Waals surface area contributed by atoms with Gasteiger partial charge >= 0.3 is 5.97 Å². The van der Waals surface area contributed by atoms with E-state index in [1.54, 1.807) is 0 Å². The first kappa shape index (κ1) is 19.7. The molecular weight excluding hydrogens is 379 g/mol. The summed E-state index contributed by atoms with van der Waals surface area (Å²) in [5.41, 5.74) is 10.8. The molecule has 2 atom stereocenters. The van der Waals surface area contributed by atoms with Gasteiger partial charge in [-0.3, -0.25) is 4.79 Å². The molecule has 4 rings (SSSR count). The van der Waals surface area contributed by atoms with Crippen LogP contribution in [0.2, 0.25) is 0 Å². The molecule has 156 valence electrons. The number of nitrogens with one attached hydrogen (secondary N) is 1. The summed E-state index contributed by atoms with van der Waals surface area (Å²) in [7, 11) is 1.40. The van der Waals surface area contributed by atoms with E-state index < -0.39 is 28.3 Å². The predicted molar refractivity (Wildman–Crippen MR) is 107 cm³/mol. The normalized spacial score (nSPS) is 23.3. The van der Waals surface area contributed by atoms with Gasteiger partial charge in [-0.05, 0) is 25.2 Å². The van der Waals surface area contributed by atoms with E-state index in [2.05, 4.69) is 4.98 Å². The number of methoxy groups -OCH3 is 1. The molecule has 1 aromatic carbocycles. The van der Waals surface area contributed by atoms with Gasteiger partial charge < -0.3 is 31.2 Å². The smallest absolute Gasteiger partial charge is 0.341 e. The highest BCUT2D eigenvalue weighted by Gasteiger charge is 2.46. The highest BCUT2D eigenvalue weighted by atomic mass is 19.1. The van der Waals surface area contributed by atoms with Gasteiger partial charge in [-0.2, -0.15) is 0 Å². The first-order valence-corrected chi connectivity index (χ1v) is 9.67. The van der Waals surface area contributed by atoms with E-state index in [1.165, 1.54) is 7.11 Å². The number of aromatic nitrogens is 1. The number of H-pyrrole nitrogens is 1. The Hall–Kier alpha value is -2.65. The quantitative estimate of drug-likeness (QED) is 0.606. The largest absolute Gasteiger partial charge is 0.492 e. The molecule has 2 unspecified atom stereocenters. The van der Waals surface area contributed by atoms with Crippen LogP contribution >= 0.6 is 0 Å². The van der Waals surface area contributed by atoms with Crippen LogP contribution in [0.5, 0.6) is 5.75 Å². The van der Waals surface area contributed by atoms with Crippen LogP contribution in [0.25, 0.3) is 10.9 Å². The van der Waals surface area contributed by atoms with Gasteiger partial charge in [0.1, 0.15) is 11.3 Å². The number of aromatic carboxylic acids is 1. The number of rotatable bonds is 4. The first-order valence-electron chi connectivity index (χ1n) is 9.67. The number of fused-ring (bicyclic) bond motifs is 1. The summed E-state index contributed by atoms with van der Waals surface area (Å²) in [5, 5.41) is 9.30. The third-order valence-corrected chi connectivity index (χ3v) is 6.21. The van der Waals surface area contributed by atoms with E-state index in [9.17, 15) is 14.7 Å². The van der Waals surface area contributed by atoms with Crippen molar-refractivity contribution in [3.05, 3.63) is 33.4 Å². The van der Waals surface area contributed by atoms with E-state index in [0.29, 0.717) is 32.4 Å². The highest BCUT2D eigenvalue weighted by molar-refractivity contribution is 5.99. The Bertz CT molecular complexity index is 1060. The predicted octanol–water partition coefficient (Wildman–Crippen LogP) is 1.50. The van der Waals surface area contributed by atoms with E-state index in [0.717, 1.165) is 6.20 Å². The van der Waals surface area contributed by atoms with Crippen LogP contribution in [0.15, 0.2) is 11.0 Å². The number of piperidine rings is 1. The van der Waals surface area contributed by atoms with E-state index in [-0.39, 0.29) is 39.9 Å². The molecule has 2 aromatic rings. The number of nitrogens with two attached hydrogens (primary N) is 2. The number of pyridine rings is 1. The van der Waals surface area contributed by atoms with Gasteiger partial charge in [0.15, 0.2) is 11.6 Å². The minimum Gasteiger partial charge on any atom is -0.492 e. The van der Waals surface area contributed by atoms with Crippen molar-refractivity contribution in [1.29, 1.82) is 0 Å².